The lowest BCUT2D eigenvalue weighted by atomic mass is 9.99. The third-order valence-corrected chi connectivity index (χ3v) is 4.45. The van der Waals surface area contributed by atoms with Gasteiger partial charge in [0, 0.05) is 5.69 Å². The van der Waals surface area contributed by atoms with Crippen LogP contribution >= 0.6 is 0 Å². The van der Waals surface area contributed by atoms with E-state index in [2.05, 4.69) is 36.6 Å². The molecule has 1 aliphatic rings. The molecule has 0 atom stereocenters. The molecule has 4 heteroatoms. The topological polar surface area (TPSA) is 61.4 Å². The van der Waals surface area contributed by atoms with E-state index in [1.54, 1.807) is 0 Å². The van der Waals surface area contributed by atoms with Gasteiger partial charge in [0.1, 0.15) is 0 Å². The zero-order valence-electron chi connectivity index (χ0n) is 13.0. The van der Waals surface area contributed by atoms with Crippen molar-refractivity contribution < 1.29 is 9.90 Å². The number of anilines is 1. The first kappa shape index (κ1) is 15.8. The first-order valence-corrected chi connectivity index (χ1v) is 7.94. The number of amides is 2. The summed E-state index contributed by atoms with van der Waals surface area (Å²) in [5, 5.41) is 15.5. The van der Waals surface area contributed by atoms with Crippen LogP contribution in [0.5, 0.6) is 0 Å². The molecule has 1 aromatic rings. The van der Waals surface area contributed by atoms with Crippen molar-refractivity contribution in [3.8, 4) is 0 Å². The maximum atomic E-state index is 12.3. The smallest absolute Gasteiger partial charge is 0.319 e. The monoisotopic (exact) mass is 290 g/mol. The third-order valence-electron chi connectivity index (χ3n) is 4.45. The fourth-order valence-corrected chi connectivity index (χ4v) is 3.04. The Kier molecular flexibility index (Phi) is 5.23. The molecule has 2 rings (SSSR count). The quantitative estimate of drug-likeness (QED) is 0.779. The van der Waals surface area contributed by atoms with Crippen LogP contribution in [0, 0.1) is 0 Å². The molecule has 1 aromatic carbocycles. The molecule has 0 radical (unpaired) electrons. The molecule has 116 valence electrons. The molecule has 1 aliphatic carbocycles. The molecule has 0 bridgehead atoms. The molecule has 0 aromatic heterocycles. The van der Waals surface area contributed by atoms with Crippen LogP contribution in [0.25, 0.3) is 0 Å². The zero-order chi connectivity index (χ0) is 15.3. The second kappa shape index (κ2) is 6.94. The number of hydrogen-bond donors (Lipinski definition) is 3. The molecule has 1 fully saturated rings. The highest BCUT2D eigenvalue weighted by atomic mass is 16.3. The number of aryl methyl sites for hydroxylation is 2. The summed E-state index contributed by atoms with van der Waals surface area (Å²) in [5.74, 6) is 0. The fraction of sp³-hybridized carbons (Fsp3) is 0.588. The number of aliphatic hydroxyl groups excluding tert-OH is 1. The van der Waals surface area contributed by atoms with Crippen LogP contribution in [0.1, 0.15) is 50.7 Å². The summed E-state index contributed by atoms with van der Waals surface area (Å²) in [6.45, 7) is 4.19. The summed E-state index contributed by atoms with van der Waals surface area (Å²) in [7, 11) is 0. The molecule has 0 saturated heterocycles. The molecule has 3 N–H and O–H groups in total. The van der Waals surface area contributed by atoms with Crippen molar-refractivity contribution in [3.05, 3.63) is 29.3 Å². The first-order chi connectivity index (χ1) is 10.1. The van der Waals surface area contributed by atoms with E-state index >= 15 is 0 Å². The van der Waals surface area contributed by atoms with E-state index in [-0.39, 0.29) is 12.6 Å². The Labute approximate surface area is 126 Å². The van der Waals surface area contributed by atoms with Gasteiger partial charge in [-0.3, -0.25) is 0 Å². The SMILES string of the molecule is CCc1ccc(CC)c(NC(=O)NC2(CO)CCCC2)c1. The Balaban J connectivity index is 2.08. The van der Waals surface area contributed by atoms with Crippen LogP contribution in [0.15, 0.2) is 18.2 Å². The Morgan fingerprint density at radius 1 is 1.24 bits per heavy atom. The summed E-state index contributed by atoms with van der Waals surface area (Å²) in [5.41, 5.74) is 2.78. The van der Waals surface area contributed by atoms with E-state index in [1.807, 2.05) is 6.07 Å². The maximum absolute atomic E-state index is 12.3. The molecular weight excluding hydrogens is 264 g/mol. The second-order valence-corrected chi connectivity index (χ2v) is 5.92. The number of aliphatic hydroxyl groups is 1. The molecule has 1 saturated carbocycles. The van der Waals surface area contributed by atoms with Gasteiger partial charge in [0.2, 0.25) is 0 Å². The van der Waals surface area contributed by atoms with Crippen LogP contribution in [-0.2, 0) is 12.8 Å². The van der Waals surface area contributed by atoms with E-state index in [0.29, 0.717) is 0 Å². The van der Waals surface area contributed by atoms with E-state index < -0.39 is 5.54 Å². The molecule has 21 heavy (non-hydrogen) atoms. The Morgan fingerprint density at radius 3 is 2.52 bits per heavy atom. The van der Waals surface area contributed by atoms with Crippen molar-refractivity contribution in [2.45, 2.75) is 57.9 Å². The fourth-order valence-electron chi connectivity index (χ4n) is 3.04. The van der Waals surface area contributed by atoms with Crippen molar-refractivity contribution in [2.75, 3.05) is 11.9 Å². The highest BCUT2D eigenvalue weighted by Gasteiger charge is 2.34. The molecule has 0 heterocycles. The highest BCUT2D eigenvalue weighted by molar-refractivity contribution is 5.90. The summed E-state index contributed by atoms with van der Waals surface area (Å²) in [6, 6.07) is 6.01. The van der Waals surface area contributed by atoms with Gasteiger partial charge < -0.3 is 15.7 Å². The average Bonchev–Trinajstić information content (AvgIpc) is 2.96. The van der Waals surface area contributed by atoms with E-state index in [4.69, 9.17) is 0 Å². The number of rotatable bonds is 5. The van der Waals surface area contributed by atoms with Gasteiger partial charge in [-0.25, -0.2) is 4.79 Å². The molecule has 2 amide bonds. The lowest BCUT2D eigenvalue weighted by Crippen LogP contribution is -2.50. The van der Waals surface area contributed by atoms with Crippen molar-refractivity contribution in [3.63, 3.8) is 0 Å². The van der Waals surface area contributed by atoms with Crippen LogP contribution in [0.2, 0.25) is 0 Å². The number of hydrogen-bond acceptors (Lipinski definition) is 2. The summed E-state index contributed by atoms with van der Waals surface area (Å²) in [4.78, 5) is 12.3. The lowest BCUT2D eigenvalue weighted by Gasteiger charge is -2.28. The molecule has 4 nitrogen and oxygen atoms in total. The normalized spacial score (nSPS) is 16.7. The van der Waals surface area contributed by atoms with Gasteiger partial charge in [-0.2, -0.15) is 0 Å². The van der Waals surface area contributed by atoms with Gasteiger partial charge in [-0.15, -0.1) is 0 Å². The standard InChI is InChI=1S/C17H26N2O2/c1-3-13-7-8-14(4-2)15(11-13)18-16(21)19-17(12-20)9-5-6-10-17/h7-8,11,20H,3-6,9-10,12H2,1-2H3,(H2,18,19,21). The van der Waals surface area contributed by atoms with Gasteiger partial charge in [-0.05, 0) is 42.9 Å². The predicted octanol–water partition coefficient (Wildman–Crippen LogP) is 3.24. The lowest BCUT2D eigenvalue weighted by molar-refractivity contribution is 0.167. The molecule has 0 unspecified atom stereocenters. The molecular formula is C17H26N2O2. The highest BCUT2D eigenvalue weighted by Crippen LogP contribution is 2.29. The number of carbonyl (C=O) groups is 1. The van der Waals surface area contributed by atoms with Gasteiger partial charge in [-0.1, -0.05) is 38.8 Å². The van der Waals surface area contributed by atoms with Crippen LogP contribution in [-0.4, -0.2) is 23.3 Å². The van der Waals surface area contributed by atoms with Crippen molar-refractivity contribution in [2.24, 2.45) is 0 Å². The van der Waals surface area contributed by atoms with Crippen molar-refractivity contribution in [1.82, 2.24) is 5.32 Å². The van der Waals surface area contributed by atoms with Gasteiger partial charge >= 0.3 is 6.03 Å². The Bertz CT molecular complexity index is 494. The van der Waals surface area contributed by atoms with Crippen molar-refractivity contribution in [1.29, 1.82) is 0 Å². The Morgan fingerprint density at radius 2 is 1.95 bits per heavy atom. The summed E-state index contributed by atoms with van der Waals surface area (Å²) < 4.78 is 0. The van der Waals surface area contributed by atoms with E-state index in [9.17, 15) is 9.90 Å². The predicted molar refractivity (Wildman–Crippen MR) is 85.6 cm³/mol. The molecule has 0 aliphatic heterocycles. The minimum absolute atomic E-state index is 0.00997. The van der Waals surface area contributed by atoms with Gasteiger partial charge in [0.25, 0.3) is 0 Å². The van der Waals surface area contributed by atoms with Crippen molar-refractivity contribution >= 4 is 11.7 Å². The largest absolute Gasteiger partial charge is 0.394 e. The summed E-state index contributed by atoms with van der Waals surface area (Å²) >= 11 is 0. The maximum Gasteiger partial charge on any atom is 0.319 e. The molecule has 0 spiro atoms. The van der Waals surface area contributed by atoms with E-state index in [0.717, 1.165) is 49.8 Å². The first-order valence-electron chi connectivity index (χ1n) is 7.94. The minimum Gasteiger partial charge on any atom is -0.394 e. The van der Waals surface area contributed by atoms with Crippen LogP contribution in [0.3, 0.4) is 0 Å². The zero-order valence-corrected chi connectivity index (χ0v) is 13.0. The minimum atomic E-state index is -0.432. The number of urea groups is 1. The van der Waals surface area contributed by atoms with Crippen LogP contribution < -0.4 is 10.6 Å². The van der Waals surface area contributed by atoms with Gasteiger partial charge in [0.15, 0.2) is 0 Å². The third kappa shape index (κ3) is 3.76. The average molecular weight is 290 g/mol. The number of benzene rings is 1. The number of carbonyl (C=O) groups excluding carboxylic acids is 1. The second-order valence-electron chi connectivity index (χ2n) is 5.92. The number of nitrogens with one attached hydrogen (secondary N) is 2. The summed E-state index contributed by atoms with van der Waals surface area (Å²) in [6.07, 6.45) is 5.66. The van der Waals surface area contributed by atoms with Crippen LogP contribution in [0.4, 0.5) is 10.5 Å². The Hall–Kier alpha value is -1.55. The van der Waals surface area contributed by atoms with E-state index in [1.165, 1.54) is 5.56 Å². The van der Waals surface area contributed by atoms with Gasteiger partial charge in [0.05, 0.1) is 12.1 Å².